The summed E-state index contributed by atoms with van der Waals surface area (Å²) in [5, 5.41) is 7.13. The van der Waals surface area contributed by atoms with Crippen molar-refractivity contribution in [2.24, 2.45) is 0 Å². The first-order valence-electron chi connectivity index (χ1n) is 6.94. The van der Waals surface area contributed by atoms with Crippen molar-refractivity contribution in [3.63, 3.8) is 0 Å². The van der Waals surface area contributed by atoms with Gasteiger partial charge in [-0.1, -0.05) is 39.0 Å². The van der Waals surface area contributed by atoms with Gasteiger partial charge in [0.1, 0.15) is 6.61 Å². The Kier molecular flexibility index (Phi) is 11.9. The van der Waals surface area contributed by atoms with Crippen molar-refractivity contribution in [3.8, 4) is 0 Å². The van der Waals surface area contributed by atoms with Gasteiger partial charge in [0.05, 0.1) is 13.0 Å². The maximum Gasteiger partial charge on any atom is 0.311 e. The lowest BCUT2D eigenvalue weighted by Gasteiger charge is -2.05. The Morgan fingerprint density at radius 3 is 2.33 bits per heavy atom. The van der Waals surface area contributed by atoms with Crippen LogP contribution < -0.4 is 0 Å². The van der Waals surface area contributed by atoms with Crippen LogP contribution in [0.3, 0.4) is 0 Å². The third-order valence-electron chi connectivity index (χ3n) is 2.54. The summed E-state index contributed by atoms with van der Waals surface area (Å²) < 4.78 is 10.3. The van der Waals surface area contributed by atoms with Crippen LogP contribution in [0, 0.1) is 5.41 Å². The maximum absolute atomic E-state index is 11.1. The molecule has 0 atom stereocenters. The molecule has 0 aliphatic heterocycles. The van der Waals surface area contributed by atoms with Crippen LogP contribution >= 0.6 is 0 Å². The van der Waals surface area contributed by atoms with Crippen LogP contribution in [0.25, 0.3) is 0 Å². The number of esters is 1. The Bertz CT molecular complexity index is 229. The average molecular weight is 257 g/mol. The van der Waals surface area contributed by atoms with Gasteiger partial charge in [-0.3, -0.25) is 4.79 Å². The van der Waals surface area contributed by atoms with Crippen LogP contribution in [0.15, 0.2) is 0 Å². The van der Waals surface area contributed by atoms with Gasteiger partial charge < -0.3 is 14.9 Å². The van der Waals surface area contributed by atoms with Gasteiger partial charge in [0, 0.05) is 12.3 Å². The van der Waals surface area contributed by atoms with E-state index in [1.54, 1.807) is 6.92 Å². The molecule has 4 nitrogen and oxygen atoms in total. The summed E-state index contributed by atoms with van der Waals surface area (Å²) in [4.78, 5) is 11.1. The maximum atomic E-state index is 11.1. The topological polar surface area (TPSA) is 59.4 Å². The molecule has 0 heterocycles. The van der Waals surface area contributed by atoms with Crippen LogP contribution in [0.4, 0.5) is 0 Å². The molecule has 0 aromatic carbocycles. The van der Waals surface area contributed by atoms with Gasteiger partial charge in [-0.25, -0.2) is 0 Å². The van der Waals surface area contributed by atoms with E-state index in [4.69, 9.17) is 14.9 Å². The molecular weight excluding hydrogens is 230 g/mol. The van der Waals surface area contributed by atoms with Gasteiger partial charge in [0.2, 0.25) is 0 Å². The van der Waals surface area contributed by atoms with Crippen molar-refractivity contribution in [1.29, 1.82) is 5.41 Å². The molecule has 0 rings (SSSR count). The smallest absolute Gasteiger partial charge is 0.311 e. The van der Waals surface area contributed by atoms with Gasteiger partial charge in [0.15, 0.2) is 0 Å². The van der Waals surface area contributed by atoms with E-state index in [1.165, 1.54) is 32.1 Å². The van der Waals surface area contributed by atoms with E-state index in [-0.39, 0.29) is 12.4 Å². The van der Waals surface area contributed by atoms with Gasteiger partial charge in [-0.05, 0) is 13.3 Å². The lowest BCUT2D eigenvalue weighted by atomic mass is 10.1. The Balaban J connectivity index is 3.11. The van der Waals surface area contributed by atoms with E-state index in [9.17, 15) is 4.79 Å². The molecule has 0 saturated heterocycles. The highest BCUT2D eigenvalue weighted by Gasteiger charge is 2.03. The second-order valence-corrected chi connectivity index (χ2v) is 4.56. The van der Waals surface area contributed by atoms with Crippen LogP contribution in [0.1, 0.15) is 58.8 Å². The average Bonchev–Trinajstić information content (AvgIpc) is 2.30. The summed E-state index contributed by atoms with van der Waals surface area (Å²) >= 11 is 0. The van der Waals surface area contributed by atoms with Crippen molar-refractivity contribution in [3.05, 3.63) is 0 Å². The molecule has 0 aromatic rings. The standard InChI is InChI=1S/C14H27NO3/c1-3-4-5-6-7-8-9-17-10-11-18-14(16)12-13(2)15/h15H,3-12H2,1-2H3. The van der Waals surface area contributed by atoms with Gasteiger partial charge >= 0.3 is 5.97 Å². The number of hydrogen-bond acceptors (Lipinski definition) is 4. The van der Waals surface area contributed by atoms with Crippen LogP contribution in [0.5, 0.6) is 0 Å². The van der Waals surface area contributed by atoms with Gasteiger partial charge in [0.25, 0.3) is 0 Å². The predicted molar refractivity (Wildman–Crippen MR) is 73.2 cm³/mol. The molecule has 0 bridgehead atoms. The zero-order valence-corrected chi connectivity index (χ0v) is 11.8. The number of hydrogen-bond donors (Lipinski definition) is 1. The number of nitrogens with one attached hydrogen (secondary N) is 1. The summed E-state index contributed by atoms with van der Waals surface area (Å²) in [6, 6.07) is 0. The highest BCUT2D eigenvalue weighted by atomic mass is 16.6. The third kappa shape index (κ3) is 13.2. The minimum absolute atomic E-state index is 0.0808. The molecule has 0 aromatic heterocycles. The SMILES string of the molecule is CCCCCCCCOCCOC(=O)CC(C)=N. The molecule has 0 unspecified atom stereocenters. The Hall–Kier alpha value is -0.900. The first kappa shape index (κ1) is 17.1. The van der Waals surface area contributed by atoms with Crippen LogP contribution in [0.2, 0.25) is 0 Å². The Labute approximate surface area is 111 Å². The molecule has 106 valence electrons. The minimum Gasteiger partial charge on any atom is -0.463 e. The monoisotopic (exact) mass is 257 g/mol. The molecule has 1 N–H and O–H groups in total. The fourth-order valence-electron chi connectivity index (χ4n) is 1.57. The first-order chi connectivity index (χ1) is 8.66. The highest BCUT2D eigenvalue weighted by molar-refractivity contribution is 5.95. The molecule has 0 aliphatic carbocycles. The van der Waals surface area contributed by atoms with Crippen molar-refractivity contribution in [2.45, 2.75) is 58.8 Å². The molecule has 0 fully saturated rings. The fraction of sp³-hybridized carbons (Fsp3) is 0.857. The first-order valence-corrected chi connectivity index (χ1v) is 6.94. The van der Waals surface area contributed by atoms with E-state index in [1.807, 2.05) is 0 Å². The van der Waals surface area contributed by atoms with E-state index in [0.29, 0.717) is 18.9 Å². The summed E-state index contributed by atoms with van der Waals surface area (Å²) in [5.41, 5.74) is 0.327. The lowest BCUT2D eigenvalue weighted by molar-refractivity contribution is -0.143. The molecular formula is C14H27NO3. The Morgan fingerprint density at radius 1 is 1.00 bits per heavy atom. The molecule has 18 heavy (non-hydrogen) atoms. The summed E-state index contributed by atoms with van der Waals surface area (Å²) in [5.74, 6) is -0.342. The van der Waals surface area contributed by atoms with Crippen molar-refractivity contribution < 1.29 is 14.3 Å². The summed E-state index contributed by atoms with van der Waals surface area (Å²) in [7, 11) is 0. The lowest BCUT2D eigenvalue weighted by Crippen LogP contribution is -2.13. The summed E-state index contributed by atoms with van der Waals surface area (Å²) in [6.45, 7) is 5.30. The molecule has 0 radical (unpaired) electrons. The van der Waals surface area contributed by atoms with Crippen molar-refractivity contribution in [2.75, 3.05) is 19.8 Å². The number of carbonyl (C=O) groups excluding carboxylic acids is 1. The second kappa shape index (κ2) is 12.6. The molecule has 0 saturated carbocycles. The highest BCUT2D eigenvalue weighted by Crippen LogP contribution is 2.04. The molecule has 0 spiro atoms. The minimum atomic E-state index is -0.342. The van der Waals surface area contributed by atoms with Crippen molar-refractivity contribution >= 4 is 11.7 Å². The fourth-order valence-corrected chi connectivity index (χ4v) is 1.57. The molecule has 0 aliphatic rings. The molecule has 4 heteroatoms. The predicted octanol–water partition coefficient (Wildman–Crippen LogP) is 3.34. The zero-order valence-electron chi connectivity index (χ0n) is 11.8. The van der Waals surface area contributed by atoms with Crippen LogP contribution in [-0.4, -0.2) is 31.5 Å². The zero-order chi connectivity index (χ0) is 13.6. The number of carbonyl (C=O) groups is 1. The summed E-state index contributed by atoms with van der Waals surface area (Å²) in [6.07, 6.45) is 7.57. The van der Waals surface area contributed by atoms with E-state index in [0.717, 1.165) is 13.0 Å². The van der Waals surface area contributed by atoms with E-state index < -0.39 is 0 Å². The Morgan fingerprint density at radius 2 is 1.67 bits per heavy atom. The number of ether oxygens (including phenoxy) is 2. The van der Waals surface area contributed by atoms with E-state index in [2.05, 4.69) is 6.92 Å². The number of unbranched alkanes of at least 4 members (excludes halogenated alkanes) is 5. The van der Waals surface area contributed by atoms with Gasteiger partial charge in [-0.2, -0.15) is 0 Å². The van der Waals surface area contributed by atoms with Gasteiger partial charge in [-0.15, -0.1) is 0 Å². The molecule has 0 amide bonds. The van der Waals surface area contributed by atoms with Crippen LogP contribution in [-0.2, 0) is 14.3 Å². The quantitative estimate of drug-likeness (QED) is 0.331. The van der Waals surface area contributed by atoms with Crippen molar-refractivity contribution in [1.82, 2.24) is 0 Å². The second-order valence-electron chi connectivity index (χ2n) is 4.56. The largest absolute Gasteiger partial charge is 0.463 e. The number of rotatable bonds is 12. The normalized spacial score (nSPS) is 10.3. The third-order valence-corrected chi connectivity index (χ3v) is 2.54. The van der Waals surface area contributed by atoms with E-state index >= 15 is 0 Å².